The average Bonchev–Trinajstić information content (AvgIpc) is 3.84. The quantitative estimate of drug-likeness (QED) is 0.135. The van der Waals surface area contributed by atoms with E-state index in [2.05, 4.69) is 59.4 Å². The van der Waals surface area contributed by atoms with Crippen LogP contribution in [-0.2, 0) is 21.5 Å². The van der Waals surface area contributed by atoms with Gasteiger partial charge in [-0.2, -0.15) is 0 Å². The van der Waals surface area contributed by atoms with Crippen LogP contribution in [0.3, 0.4) is 0 Å². The van der Waals surface area contributed by atoms with E-state index in [-0.39, 0.29) is 48.0 Å². The highest BCUT2D eigenvalue weighted by Gasteiger charge is 2.56. The Morgan fingerprint density at radius 2 is 1.57 bits per heavy atom. The fourth-order valence-corrected chi connectivity index (χ4v) is 13.4. The maximum absolute atomic E-state index is 14.3. The number of aromatic nitrogens is 3. The fourth-order valence-electron chi connectivity index (χ4n) is 13.4. The molecular weight excluding hydrogens is 881 g/mol. The molecule has 2 aliphatic carbocycles. The van der Waals surface area contributed by atoms with E-state index in [4.69, 9.17) is 6.42 Å². The molecule has 5 aliphatic heterocycles. The van der Waals surface area contributed by atoms with Crippen LogP contribution < -0.4 is 10.6 Å². The third-order valence-corrected chi connectivity index (χ3v) is 17.5. The first-order chi connectivity index (χ1) is 33.6. The Labute approximate surface area is 411 Å². The molecule has 11 rings (SSSR count). The number of aromatic hydroxyl groups is 1. The zero-order chi connectivity index (χ0) is 48.7. The van der Waals surface area contributed by atoms with Gasteiger partial charge in [0, 0.05) is 90.8 Å². The number of carbonyl (C=O) groups is 3. The van der Waals surface area contributed by atoms with Gasteiger partial charge in [0.1, 0.15) is 17.8 Å². The van der Waals surface area contributed by atoms with E-state index >= 15 is 0 Å². The maximum Gasteiger partial charge on any atom is 0.318 e. The van der Waals surface area contributed by atoms with Crippen LogP contribution in [0.4, 0.5) is 4.79 Å². The number of phenolic OH excluding ortho intramolecular Hbond substituents is 1. The van der Waals surface area contributed by atoms with Crippen molar-refractivity contribution in [2.75, 3.05) is 52.4 Å². The number of amides is 4. The molecule has 4 saturated heterocycles. The number of fused-ring (bicyclic) bond motifs is 3. The summed E-state index contributed by atoms with van der Waals surface area (Å²) in [5, 5.41) is 37.7. The monoisotopic (exact) mass is 951 g/mol. The van der Waals surface area contributed by atoms with E-state index in [9.17, 15) is 24.6 Å². The van der Waals surface area contributed by atoms with Gasteiger partial charge in [-0.1, -0.05) is 51.0 Å². The summed E-state index contributed by atoms with van der Waals surface area (Å²) in [5.41, 5.74) is 5.54. The van der Waals surface area contributed by atoms with Crippen molar-refractivity contribution in [1.82, 2.24) is 50.3 Å². The number of aromatic amines is 1. The minimum absolute atomic E-state index is 0.0433. The van der Waals surface area contributed by atoms with Crippen molar-refractivity contribution in [1.29, 1.82) is 0 Å². The summed E-state index contributed by atoms with van der Waals surface area (Å²) in [5.74, 6) is 2.22. The molecule has 7 aliphatic rings. The Morgan fingerprint density at radius 3 is 2.23 bits per heavy atom. The molecule has 370 valence electrons. The molecule has 0 unspecified atom stereocenters. The number of hydrogen-bond donors (Lipinski definition) is 5. The predicted molar refractivity (Wildman–Crippen MR) is 267 cm³/mol. The van der Waals surface area contributed by atoms with Gasteiger partial charge >= 0.3 is 6.03 Å². The summed E-state index contributed by atoms with van der Waals surface area (Å²) in [4.78, 5) is 57.1. The summed E-state index contributed by atoms with van der Waals surface area (Å²) in [6, 6.07) is 17.1. The highest BCUT2D eigenvalue weighted by Crippen LogP contribution is 2.51. The number of urea groups is 1. The number of β-amino-alcohol motifs (C(OH)–C–C–N with tert-alkyl or cyclic N) is 1. The summed E-state index contributed by atoms with van der Waals surface area (Å²) in [6.07, 6.45) is 14.4. The molecule has 6 fully saturated rings. The number of nitrogens with one attached hydrogen (secondary N) is 3. The first-order valence-electron chi connectivity index (χ1n) is 25.9. The zero-order valence-corrected chi connectivity index (χ0v) is 41.3. The van der Waals surface area contributed by atoms with Crippen LogP contribution in [0.5, 0.6) is 5.75 Å². The number of aliphatic hydroxyl groups excluding tert-OH is 1. The lowest BCUT2D eigenvalue weighted by Gasteiger charge is -2.61. The van der Waals surface area contributed by atoms with E-state index in [1.165, 1.54) is 41.8 Å². The Balaban J connectivity index is 0.632. The van der Waals surface area contributed by atoms with Gasteiger partial charge in [-0.05, 0) is 131 Å². The van der Waals surface area contributed by atoms with Gasteiger partial charge in [0.15, 0.2) is 5.65 Å². The lowest BCUT2D eigenvalue weighted by atomic mass is 9.60. The van der Waals surface area contributed by atoms with Gasteiger partial charge in [-0.25, -0.2) is 4.79 Å². The molecule has 4 aromatic rings. The van der Waals surface area contributed by atoms with Crippen molar-refractivity contribution in [3.05, 3.63) is 77.0 Å². The van der Waals surface area contributed by atoms with Crippen molar-refractivity contribution in [2.24, 2.45) is 10.8 Å². The van der Waals surface area contributed by atoms with Gasteiger partial charge in [0.25, 0.3) is 0 Å². The summed E-state index contributed by atoms with van der Waals surface area (Å²) in [6.45, 7) is 15.1. The number of likely N-dealkylation sites (tertiary alicyclic amines) is 4. The first-order valence-corrected chi connectivity index (χ1v) is 25.9. The highest BCUT2D eigenvalue weighted by atomic mass is 16.3. The SMILES string of the molecule is C#Cc1ccc(C2(NC(=O)[C@@H]3C[C@@H](O)CN3C(=O)[C@@H](NC(=O)N3CC4(CC(N5CCC(N6CCC(N7CCc8[nH]c9nnc(-c%10ccccc%10O)cc9c8[C@H]7C)CC6)CC5)C4)C3)C(C)(C)C)CC2)cc1. The number of piperidine rings is 2. The van der Waals surface area contributed by atoms with E-state index < -0.39 is 29.1 Å². The first kappa shape index (κ1) is 46.8. The van der Waals surface area contributed by atoms with Gasteiger partial charge in [-0.15, -0.1) is 16.6 Å². The number of nitrogens with zero attached hydrogens (tertiary/aromatic N) is 7. The third-order valence-electron chi connectivity index (χ3n) is 17.5. The third kappa shape index (κ3) is 8.62. The number of H-pyrrole nitrogens is 1. The molecule has 15 nitrogen and oxygen atoms in total. The second-order valence-corrected chi connectivity index (χ2v) is 23.1. The lowest BCUT2D eigenvalue weighted by molar-refractivity contribution is -0.142. The molecule has 4 amide bonds. The number of hydrogen-bond acceptors (Lipinski definition) is 10. The molecular formula is C55H70N10O5. The summed E-state index contributed by atoms with van der Waals surface area (Å²) < 4.78 is 0. The molecule has 1 spiro atoms. The maximum atomic E-state index is 14.3. The number of rotatable bonds is 9. The Kier molecular flexibility index (Phi) is 12.0. The van der Waals surface area contributed by atoms with E-state index in [0.717, 1.165) is 87.0 Å². The van der Waals surface area contributed by atoms with Gasteiger partial charge in [0.05, 0.1) is 17.3 Å². The minimum atomic E-state index is -0.867. The van der Waals surface area contributed by atoms with Crippen molar-refractivity contribution < 1.29 is 24.6 Å². The Bertz CT molecular complexity index is 2670. The molecule has 0 radical (unpaired) electrons. The second-order valence-electron chi connectivity index (χ2n) is 23.1. The number of terminal acetylenes is 1. The Morgan fingerprint density at radius 1 is 0.900 bits per heavy atom. The largest absolute Gasteiger partial charge is 0.507 e. The van der Waals surface area contributed by atoms with Crippen LogP contribution in [0.1, 0.15) is 114 Å². The van der Waals surface area contributed by atoms with Crippen LogP contribution >= 0.6 is 0 Å². The highest BCUT2D eigenvalue weighted by molar-refractivity contribution is 5.93. The average molecular weight is 951 g/mol. The lowest BCUT2D eigenvalue weighted by Crippen LogP contribution is -2.70. The number of carbonyl (C=O) groups excluding carboxylic acids is 3. The molecule has 4 atom stereocenters. The number of phenols is 1. The second kappa shape index (κ2) is 17.9. The summed E-state index contributed by atoms with van der Waals surface area (Å²) in [7, 11) is 0. The standard InChI is InChI=1S/C55H70N10O5/c1-6-35-11-13-36(14-12-35)55(20-21-55)58-50(68)45-27-40(66)31-65(45)51(69)48(53(3,4)5)57-52(70)63-32-54(33-63)29-39(30-54)62-22-15-37(16-23-62)61-24-17-38(18-25-61)64-26-19-43-47(34(64)2)42-28-44(59-60-49(42)56-43)41-9-7-8-10-46(41)67/h1,7-14,28,34,37-40,45,48,66-67H,15-27,29-33H2,2-5H3,(H,56,60)(H,57,70)(H,58,68)/t34-,40-,45+,48-/m1/s1. The molecule has 2 saturated carbocycles. The topological polar surface area (TPSA) is 173 Å². The van der Waals surface area contributed by atoms with Crippen LogP contribution in [0.15, 0.2) is 54.6 Å². The van der Waals surface area contributed by atoms with Crippen molar-refractivity contribution in [2.45, 2.75) is 140 Å². The van der Waals surface area contributed by atoms with E-state index in [1.54, 1.807) is 6.07 Å². The normalized spacial score (nSPS) is 25.7. The van der Waals surface area contributed by atoms with Gasteiger partial charge in [-0.3, -0.25) is 14.5 Å². The van der Waals surface area contributed by atoms with E-state index in [0.29, 0.717) is 42.5 Å². The molecule has 5 N–H and O–H groups in total. The van der Waals surface area contributed by atoms with Crippen molar-refractivity contribution in [3.63, 3.8) is 0 Å². The number of aliphatic hydroxyl groups is 1. The molecule has 70 heavy (non-hydrogen) atoms. The molecule has 0 bridgehead atoms. The summed E-state index contributed by atoms with van der Waals surface area (Å²) >= 11 is 0. The smallest absolute Gasteiger partial charge is 0.318 e. The molecule has 15 heteroatoms. The van der Waals surface area contributed by atoms with Gasteiger partial charge in [0.2, 0.25) is 11.8 Å². The molecule has 7 heterocycles. The van der Waals surface area contributed by atoms with Crippen LogP contribution in [0.2, 0.25) is 0 Å². The Hall–Kier alpha value is -5.53. The van der Waals surface area contributed by atoms with Gasteiger partial charge < -0.3 is 45.4 Å². The molecule has 2 aromatic carbocycles. The van der Waals surface area contributed by atoms with Crippen LogP contribution in [0.25, 0.3) is 22.3 Å². The van der Waals surface area contributed by atoms with Crippen LogP contribution in [0, 0.1) is 23.2 Å². The fraction of sp³-hybridized carbons (Fsp3) is 0.582. The predicted octanol–water partition coefficient (Wildman–Crippen LogP) is 5.52. The van der Waals surface area contributed by atoms with Crippen molar-refractivity contribution >= 4 is 28.9 Å². The van der Waals surface area contributed by atoms with E-state index in [1.807, 2.05) is 68.1 Å². The molecule has 2 aromatic heterocycles. The zero-order valence-electron chi connectivity index (χ0n) is 41.3. The van der Waals surface area contributed by atoms with Crippen molar-refractivity contribution in [3.8, 4) is 29.4 Å². The number of para-hydroxylation sites is 1. The minimum Gasteiger partial charge on any atom is -0.507 e. The number of benzene rings is 2. The van der Waals surface area contributed by atoms with Crippen LogP contribution in [-0.4, -0.2) is 156 Å².